The third kappa shape index (κ3) is 9.56. The van der Waals surface area contributed by atoms with Gasteiger partial charge in [0.2, 0.25) is 5.75 Å². The maximum absolute atomic E-state index is 15.2. The molecule has 8 N–H and O–H groups in total. The van der Waals surface area contributed by atoms with Gasteiger partial charge in [-0.2, -0.15) is 0 Å². The van der Waals surface area contributed by atoms with E-state index in [9.17, 15) is 30.6 Å². The molecule has 1 saturated carbocycles. The molecule has 5 unspecified atom stereocenters. The van der Waals surface area contributed by atoms with Gasteiger partial charge in [-0.15, -0.1) is 0 Å². The Morgan fingerprint density at radius 2 is 1.69 bits per heavy atom. The van der Waals surface area contributed by atoms with Gasteiger partial charge in [0.15, 0.2) is 23.0 Å². The minimum absolute atomic E-state index is 0.00553. The molecule has 0 spiro atoms. The summed E-state index contributed by atoms with van der Waals surface area (Å²) in [5, 5.41) is 71.2. The van der Waals surface area contributed by atoms with Crippen molar-refractivity contribution in [2.75, 3.05) is 19.0 Å². The van der Waals surface area contributed by atoms with Crippen molar-refractivity contribution in [1.82, 2.24) is 9.97 Å². The molecule has 0 saturated heterocycles. The summed E-state index contributed by atoms with van der Waals surface area (Å²) in [6.45, 7) is 4.26. The quantitative estimate of drug-likeness (QED) is 0.0389. The van der Waals surface area contributed by atoms with E-state index in [1.54, 1.807) is 42.6 Å². The van der Waals surface area contributed by atoms with Gasteiger partial charge in [0.1, 0.15) is 17.4 Å². The fourth-order valence-electron chi connectivity index (χ4n) is 9.12. The van der Waals surface area contributed by atoms with Crippen molar-refractivity contribution in [2.24, 2.45) is 17.8 Å². The predicted molar refractivity (Wildman–Crippen MR) is 234 cm³/mol. The van der Waals surface area contributed by atoms with E-state index in [1.807, 2.05) is 68.6 Å². The molecule has 1 aliphatic carbocycles. The van der Waals surface area contributed by atoms with Gasteiger partial charge in [0.25, 0.3) is 0 Å². The summed E-state index contributed by atoms with van der Waals surface area (Å²) in [7, 11) is 1.47. The number of hydrogen-bond donors (Lipinski definition) is 8. The topological polar surface area (TPSA) is 198 Å². The number of aliphatic hydroxyl groups is 2. The molecule has 0 aliphatic heterocycles. The number of aromatic hydroxyl groups is 4. The Morgan fingerprint density at radius 1 is 0.902 bits per heavy atom. The molecular weight excluding hydrogens is 775 g/mol. The fraction of sp³-hybridized carbons (Fsp3) is 0.347. The predicted octanol–water partition coefficient (Wildman–Crippen LogP) is 8.24. The molecular formula is C49H55N3O9. The van der Waals surface area contributed by atoms with Crippen LogP contribution in [0.5, 0.6) is 34.5 Å². The number of pyridine rings is 1. The first-order valence-electron chi connectivity index (χ1n) is 20.9. The number of H-pyrrole nitrogens is 1. The van der Waals surface area contributed by atoms with E-state index in [-0.39, 0.29) is 59.7 Å². The summed E-state index contributed by atoms with van der Waals surface area (Å²) < 4.78 is 11.2. The molecule has 6 aromatic rings. The lowest BCUT2D eigenvalue weighted by Crippen LogP contribution is -2.51. The molecule has 0 bridgehead atoms. The molecule has 1 aliphatic rings. The second-order valence-corrected chi connectivity index (χ2v) is 16.7. The zero-order valence-corrected chi connectivity index (χ0v) is 34.7. The molecule has 7 rings (SSSR count). The largest absolute Gasteiger partial charge is 0.508 e. The summed E-state index contributed by atoms with van der Waals surface area (Å²) in [5.41, 5.74) is 2.71. The second kappa shape index (κ2) is 18.6. The number of aliphatic hydroxyl groups excluding tert-OH is 2. The standard InChI is InChI=1S/C49H55N3O9/c1-29(2)28-61-45-23-31(21-43(58)48(45)59)8-15-42(57)47(41(56)14-7-30-6-13-40(55)44(22-30)60-3)49(18-16-39(54)38(49)27-35-5-4-19-50-35)34-17-20-51-46(26-34)52-36-11-9-33-25-37(53)12-10-32(33)24-36/h4-6,9-13,17,19-26,29,38-39,41,47,50,53-56,58-59H,7-8,14-16,18,27-28H2,1-3H3,(H,51,52). The average Bonchev–Trinajstić information content (AvgIpc) is 3.88. The number of Topliss-reactive ketones (excluding diaryl/α,β-unsaturated/α-hetero) is 1. The molecule has 12 nitrogen and oxygen atoms in total. The monoisotopic (exact) mass is 829 g/mol. The Hall–Kier alpha value is -6.24. The maximum atomic E-state index is 15.2. The Kier molecular flexibility index (Phi) is 13.1. The van der Waals surface area contributed by atoms with Crippen molar-refractivity contribution in [2.45, 2.75) is 76.4 Å². The number of carbonyl (C=O) groups excluding carboxylic acids is 1. The van der Waals surface area contributed by atoms with Crippen LogP contribution in [-0.2, 0) is 29.5 Å². The molecule has 12 heteroatoms. The summed E-state index contributed by atoms with van der Waals surface area (Å²) >= 11 is 0. The van der Waals surface area contributed by atoms with Gasteiger partial charge in [-0.1, -0.05) is 32.0 Å². The average molecular weight is 830 g/mol. The number of aryl methyl sites for hydroxylation is 2. The third-order valence-corrected chi connectivity index (χ3v) is 12.1. The number of hydrogen-bond acceptors (Lipinski definition) is 11. The van der Waals surface area contributed by atoms with E-state index in [0.717, 1.165) is 33.3 Å². The lowest BCUT2D eigenvalue weighted by atomic mass is 9.58. The number of aromatic amines is 1. The zero-order chi connectivity index (χ0) is 43.3. The van der Waals surface area contributed by atoms with Crippen LogP contribution in [0.1, 0.15) is 61.9 Å². The highest BCUT2D eigenvalue weighted by molar-refractivity contribution is 5.87. The lowest BCUT2D eigenvalue weighted by Gasteiger charge is -2.45. The number of nitrogens with one attached hydrogen (secondary N) is 2. The van der Waals surface area contributed by atoms with Crippen LogP contribution < -0.4 is 14.8 Å². The number of ketones is 1. The molecule has 5 atom stereocenters. The normalized spacial score (nSPS) is 18.6. The zero-order valence-electron chi connectivity index (χ0n) is 34.7. The number of methoxy groups -OCH3 is 1. The summed E-state index contributed by atoms with van der Waals surface area (Å²) in [4.78, 5) is 23.2. The number of carbonyl (C=O) groups is 1. The number of rotatable bonds is 18. The highest BCUT2D eigenvalue weighted by Gasteiger charge is 2.57. The number of phenolic OH excluding ortho intramolecular Hbond substituents is 4. The summed E-state index contributed by atoms with van der Waals surface area (Å²) in [6.07, 6.45) is 3.46. The minimum Gasteiger partial charge on any atom is -0.508 e. The van der Waals surface area contributed by atoms with Gasteiger partial charge < -0.3 is 50.4 Å². The van der Waals surface area contributed by atoms with Crippen LogP contribution in [0.4, 0.5) is 11.5 Å². The van der Waals surface area contributed by atoms with Crippen LogP contribution in [0.25, 0.3) is 10.8 Å². The van der Waals surface area contributed by atoms with Crippen LogP contribution in [0.3, 0.4) is 0 Å². The van der Waals surface area contributed by atoms with Crippen molar-refractivity contribution in [1.29, 1.82) is 0 Å². The van der Waals surface area contributed by atoms with Crippen LogP contribution in [0, 0.1) is 17.8 Å². The number of phenols is 4. The number of nitrogens with zero attached hydrogens (tertiary/aromatic N) is 1. The number of benzene rings is 4. The number of aromatic nitrogens is 2. The lowest BCUT2D eigenvalue weighted by molar-refractivity contribution is -0.132. The number of fused-ring (bicyclic) bond motifs is 1. The highest BCUT2D eigenvalue weighted by atomic mass is 16.5. The first-order chi connectivity index (χ1) is 29.3. The first-order valence-corrected chi connectivity index (χ1v) is 20.9. The first kappa shape index (κ1) is 42.9. The van der Waals surface area contributed by atoms with Gasteiger partial charge in [-0.25, -0.2) is 4.98 Å². The molecule has 2 aromatic heterocycles. The van der Waals surface area contributed by atoms with E-state index in [1.165, 1.54) is 13.2 Å². The van der Waals surface area contributed by atoms with E-state index in [4.69, 9.17) is 9.47 Å². The Labute approximate surface area is 355 Å². The van der Waals surface area contributed by atoms with E-state index in [2.05, 4.69) is 15.3 Å². The van der Waals surface area contributed by atoms with Gasteiger partial charge in [-0.05, 0) is 145 Å². The smallest absolute Gasteiger partial charge is 0.200 e. The molecule has 320 valence electrons. The van der Waals surface area contributed by atoms with Gasteiger partial charge in [0.05, 0.1) is 31.8 Å². The highest BCUT2D eigenvalue weighted by Crippen LogP contribution is 2.54. The van der Waals surface area contributed by atoms with Gasteiger partial charge in [-0.3, -0.25) is 4.79 Å². The SMILES string of the molecule is COc1cc(CCC(O)C(C(=O)CCc2cc(O)c(O)c(OCC(C)C)c2)C2(c3ccnc(Nc4ccc5cc(O)ccc5c4)c3)CCC(O)C2Cc2ccc[nH]2)ccc1O. The van der Waals surface area contributed by atoms with Crippen LogP contribution >= 0.6 is 0 Å². The maximum Gasteiger partial charge on any atom is 0.200 e. The second-order valence-electron chi connectivity index (χ2n) is 16.7. The Bertz CT molecular complexity index is 2450. The van der Waals surface area contributed by atoms with Crippen molar-refractivity contribution in [3.63, 3.8) is 0 Å². The molecule has 2 heterocycles. The number of anilines is 2. The Morgan fingerprint density at radius 3 is 2.46 bits per heavy atom. The minimum atomic E-state index is -1.18. The number of ether oxygens (including phenoxy) is 2. The van der Waals surface area contributed by atoms with E-state index < -0.39 is 29.5 Å². The van der Waals surface area contributed by atoms with Gasteiger partial charge >= 0.3 is 0 Å². The van der Waals surface area contributed by atoms with Crippen molar-refractivity contribution >= 4 is 28.1 Å². The summed E-state index contributed by atoms with van der Waals surface area (Å²) in [5.74, 6) is -1.17. The molecule has 1 fully saturated rings. The Balaban J connectivity index is 1.29. The van der Waals surface area contributed by atoms with Crippen LogP contribution in [0.15, 0.2) is 103 Å². The van der Waals surface area contributed by atoms with Gasteiger partial charge in [0, 0.05) is 41.5 Å². The van der Waals surface area contributed by atoms with Crippen LogP contribution in [-0.4, -0.2) is 72.3 Å². The van der Waals surface area contributed by atoms with Crippen molar-refractivity contribution < 1.29 is 44.9 Å². The summed E-state index contributed by atoms with van der Waals surface area (Å²) in [6, 6.07) is 26.7. The van der Waals surface area contributed by atoms with Crippen molar-refractivity contribution in [3.05, 3.63) is 126 Å². The molecule has 0 radical (unpaired) electrons. The van der Waals surface area contributed by atoms with Crippen molar-refractivity contribution in [3.8, 4) is 34.5 Å². The molecule has 0 amide bonds. The van der Waals surface area contributed by atoms with Crippen LogP contribution in [0.2, 0.25) is 0 Å². The third-order valence-electron chi connectivity index (χ3n) is 12.1. The molecule has 61 heavy (non-hydrogen) atoms. The fourth-order valence-corrected chi connectivity index (χ4v) is 9.12. The van der Waals surface area contributed by atoms with E-state index >= 15 is 4.79 Å². The van der Waals surface area contributed by atoms with E-state index in [0.29, 0.717) is 49.4 Å². The molecule has 4 aromatic carbocycles.